The Bertz CT molecular complexity index is 511. The molecule has 0 aliphatic heterocycles. The van der Waals surface area contributed by atoms with E-state index in [0.717, 1.165) is 0 Å². The molecule has 0 unspecified atom stereocenters. The third-order valence-electron chi connectivity index (χ3n) is 2.33. The molecule has 1 amide bonds. The number of aromatic nitrogens is 1. The van der Waals surface area contributed by atoms with Crippen molar-refractivity contribution in [2.45, 2.75) is 20.0 Å². The number of halogens is 3. The zero-order chi connectivity index (χ0) is 16.0. The number of aromatic amines is 1. The maximum absolute atomic E-state index is 11.9. The minimum absolute atomic E-state index is 0.126. The van der Waals surface area contributed by atoms with Crippen LogP contribution in [0.15, 0.2) is 6.20 Å². The van der Waals surface area contributed by atoms with E-state index >= 15 is 0 Å². The topological polar surface area (TPSA) is 80.4 Å². The van der Waals surface area contributed by atoms with E-state index in [1.807, 2.05) is 0 Å². The minimum Gasteiger partial charge on any atom is -0.462 e. The Hall–Kier alpha value is -2.03. The molecule has 0 saturated carbocycles. The van der Waals surface area contributed by atoms with Crippen molar-refractivity contribution < 1.29 is 32.2 Å². The van der Waals surface area contributed by atoms with Crippen LogP contribution in [0.3, 0.4) is 0 Å². The lowest BCUT2D eigenvalue weighted by Crippen LogP contribution is -2.24. The number of carbonyl (C=O) groups is 2. The molecule has 0 aliphatic carbocycles. The number of ether oxygens (including phenoxy) is 2. The largest absolute Gasteiger partial charge is 0.462 e. The van der Waals surface area contributed by atoms with Gasteiger partial charge >= 0.3 is 12.1 Å². The van der Waals surface area contributed by atoms with Crippen molar-refractivity contribution in [2.75, 3.05) is 25.1 Å². The van der Waals surface area contributed by atoms with Gasteiger partial charge < -0.3 is 19.8 Å². The van der Waals surface area contributed by atoms with Gasteiger partial charge in [-0.15, -0.1) is 0 Å². The summed E-state index contributed by atoms with van der Waals surface area (Å²) in [6, 6.07) is 0. The predicted molar refractivity (Wildman–Crippen MR) is 67.0 cm³/mol. The second-order valence-corrected chi connectivity index (χ2v) is 4.08. The number of hydrogen-bond donors (Lipinski definition) is 2. The summed E-state index contributed by atoms with van der Waals surface area (Å²) in [4.78, 5) is 25.9. The van der Waals surface area contributed by atoms with E-state index in [0.29, 0.717) is 5.69 Å². The molecular weight excluding hydrogens is 293 g/mol. The first-order valence-corrected chi connectivity index (χ1v) is 6.04. The van der Waals surface area contributed by atoms with Crippen molar-refractivity contribution in [3.8, 4) is 0 Å². The van der Waals surface area contributed by atoms with Gasteiger partial charge in [0.15, 0.2) is 0 Å². The van der Waals surface area contributed by atoms with Crippen LogP contribution in [0.5, 0.6) is 0 Å². The highest BCUT2D eigenvalue weighted by molar-refractivity contribution is 6.02. The molecule has 0 saturated heterocycles. The van der Waals surface area contributed by atoms with Crippen molar-refractivity contribution in [3.63, 3.8) is 0 Å². The summed E-state index contributed by atoms with van der Waals surface area (Å²) >= 11 is 0. The molecule has 0 bridgehead atoms. The number of H-pyrrole nitrogens is 1. The molecule has 118 valence electrons. The molecule has 0 aromatic carbocycles. The standard InChI is InChI=1S/C12H15F3N2O4/c1-3-21-11(19)10-7(2)16-4-8(10)17-9(18)5-20-6-12(13,14)15/h4,16H,3,5-6H2,1-2H3,(H,17,18). The number of anilines is 1. The lowest BCUT2D eigenvalue weighted by atomic mass is 10.2. The predicted octanol–water partition coefficient (Wildman–Crippen LogP) is 2.02. The number of nitrogens with one attached hydrogen (secondary N) is 2. The Morgan fingerprint density at radius 1 is 1.38 bits per heavy atom. The number of carbonyl (C=O) groups excluding carboxylic acids is 2. The van der Waals surface area contributed by atoms with E-state index in [1.54, 1.807) is 13.8 Å². The Balaban J connectivity index is 2.63. The third kappa shape index (κ3) is 5.46. The number of esters is 1. The summed E-state index contributed by atoms with van der Waals surface area (Å²) in [5, 5.41) is 2.29. The van der Waals surface area contributed by atoms with Crippen molar-refractivity contribution in [1.29, 1.82) is 0 Å². The van der Waals surface area contributed by atoms with Crippen LogP contribution in [0.4, 0.5) is 18.9 Å². The molecule has 1 aromatic heterocycles. The molecule has 2 N–H and O–H groups in total. The van der Waals surface area contributed by atoms with Crippen LogP contribution < -0.4 is 5.32 Å². The Morgan fingerprint density at radius 2 is 2.05 bits per heavy atom. The van der Waals surface area contributed by atoms with Gasteiger partial charge in [0.05, 0.1) is 12.3 Å². The van der Waals surface area contributed by atoms with Crippen LogP contribution >= 0.6 is 0 Å². The molecule has 1 rings (SSSR count). The molecule has 1 heterocycles. The van der Waals surface area contributed by atoms with Crippen LogP contribution in [-0.2, 0) is 14.3 Å². The second kappa shape index (κ2) is 7.11. The lowest BCUT2D eigenvalue weighted by molar-refractivity contribution is -0.174. The number of aryl methyl sites for hydroxylation is 1. The molecule has 0 atom stereocenters. The molecule has 1 aromatic rings. The van der Waals surface area contributed by atoms with Crippen LogP contribution in [0, 0.1) is 6.92 Å². The van der Waals surface area contributed by atoms with Gasteiger partial charge in [-0.05, 0) is 13.8 Å². The van der Waals surface area contributed by atoms with Crippen LogP contribution in [0.2, 0.25) is 0 Å². The molecule has 6 nitrogen and oxygen atoms in total. The molecular formula is C12H15F3N2O4. The molecule has 0 spiro atoms. The summed E-state index contributed by atoms with van der Waals surface area (Å²) < 4.78 is 44.7. The minimum atomic E-state index is -4.50. The van der Waals surface area contributed by atoms with Crippen molar-refractivity contribution >= 4 is 17.6 Å². The first-order chi connectivity index (χ1) is 9.74. The van der Waals surface area contributed by atoms with E-state index in [-0.39, 0.29) is 17.9 Å². The summed E-state index contributed by atoms with van der Waals surface area (Å²) in [5.74, 6) is -1.44. The van der Waals surface area contributed by atoms with Gasteiger partial charge in [0.2, 0.25) is 5.91 Å². The van der Waals surface area contributed by atoms with Gasteiger partial charge in [0.25, 0.3) is 0 Å². The molecule has 21 heavy (non-hydrogen) atoms. The maximum atomic E-state index is 11.9. The van der Waals surface area contributed by atoms with E-state index < -0.39 is 31.3 Å². The highest BCUT2D eigenvalue weighted by Gasteiger charge is 2.28. The Kier molecular flexibility index (Phi) is 5.77. The van der Waals surface area contributed by atoms with Gasteiger partial charge in [-0.25, -0.2) is 4.79 Å². The van der Waals surface area contributed by atoms with Crippen LogP contribution in [0.25, 0.3) is 0 Å². The van der Waals surface area contributed by atoms with Gasteiger partial charge in [0.1, 0.15) is 18.8 Å². The fraction of sp³-hybridized carbons (Fsp3) is 0.500. The van der Waals surface area contributed by atoms with Gasteiger partial charge in [-0.2, -0.15) is 13.2 Å². The zero-order valence-corrected chi connectivity index (χ0v) is 11.5. The molecule has 0 radical (unpaired) electrons. The Labute approximate surface area is 118 Å². The van der Waals surface area contributed by atoms with Gasteiger partial charge in [-0.1, -0.05) is 0 Å². The van der Waals surface area contributed by atoms with Crippen molar-refractivity contribution in [1.82, 2.24) is 4.98 Å². The number of hydrogen-bond acceptors (Lipinski definition) is 4. The molecule has 0 aliphatic rings. The third-order valence-corrected chi connectivity index (χ3v) is 2.33. The van der Waals surface area contributed by atoms with Crippen molar-refractivity contribution in [2.24, 2.45) is 0 Å². The monoisotopic (exact) mass is 308 g/mol. The van der Waals surface area contributed by atoms with Crippen molar-refractivity contribution in [3.05, 3.63) is 17.5 Å². The van der Waals surface area contributed by atoms with E-state index in [9.17, 15) is 22.8 Å². The van der Waals surface area contributed by atoms with E-state index in [1.165, 1.54) is 6.20 Å². The normalized spacial score (nSPS) is 11.3. The second-order valence-electron chi connectivity index (χ2n) is 4.08. The fourth-order valence-corrected chi connectivity index (χ4v) is 1.54. The summed E-state index contributed by atoms with van der Waals surface area (Å²) in [6.07, 6.45) is -3.15. The highest BCUT2D eigenvalue weighted by Crippen LogP contribution is 2.20. The van der Waals surface area contributed by atoms with E-state index in [2.05, 4.69) is 15.0 Å². The first-order valence-electron chi connectivity index (χ1n) is 6.04. The average Bonchev–Trinajstić information content (AvgIpc) is 2.69. The number of alkyl halides is 3. The number of amides is 1. The summed E-state index contributed by atoms with van der Waals surface area (Å²) in [5.41, 5.74) is 0.729. The maximum Gasteiger partial charge on any atom is 0.411 e. The van der Waals surface area contributed by atoms with Crippen LogP contribution in [0.1, 0.15) is 23.0 Å². The fourth-order valence-electron chi connectivity index (χ4n) is 1.54. The quantitative estimate of drug-likeness (QED) is 0.788. The van der Waals surface area contributed by atoms with Gasteiger partial charge in [-0.3, -0.25) is 4.79 Å². The lowest BCUT2D eigenvalue weighted by Gasteiger charge is -2.09. The smallest absolute Gasteiger partial charge is 0.411 e. The van der Waals surface area contributed by atoms with Crippen LogP contribution in [-0.4, -0.2) is 42.9 Å². The molecule has 0 fully saturated rings. The highest BCUT2D eigenvalue weighted by atomic mass is 19.4. The van der Waals surface area contributed by atoms with E-state index in [4.69, 9.17) is 4.74 Å². The Morgan fingerprint density at radius 3 is 2.62 bits per heavy atom. The summed E-state index contributed by atoms with van der Waals surface area (Å²) in [7, 11) is 0. The number of rotatable bonds is 6. The SMILES string of the molecule is CCOC(=O)c1c(NC(=O)COCC(F)(F)F)c[nH]c1C. The average molecular weight is 308 g/mol. The first kappa shape index (κ1) is 17.0. The van der Waals surface area contributed by atoms with Gasteiger partial charge in [0, 0.05) is 11.9 Å². The zero-order valence-electron chi connectivity index (χ0n) is 11.5. The summed E-state index contributed by atoms with van der Waals surface area (Å²) in [6.45, 7) is 1.10. The molecule has 9 heteroatoms.